The fraction of sp³-hybridized carbons (Fsp3) is 0.515. The number of carbonyl (C=O) groups excluding carboxylic acids is 1. The summed E-state index contributed by atoms with van der Waals surface area (Å²) in [6, 6.07) is 18.3. The Morgan fingerprint density at radius 3 is 2.32 bits per heavy atom. The average Bonchev–Trinajstić information content (AvgIpc) is 3.44. The fourth-order valence-electron chi connectivity index (χ4n) is 6.01. The zero-order chi connectivity index (χ0) is 28.8. The normalized spacial score (nSPS) is 22.3. The summed E-state index contributed by atoms with van der Waals surface area (Å²) in [4.78, 5) is 12.3. The molecule has 1 N–H and O–H groups in total. The zero-order valence-electron chi connectivity index (χ0n) is 24.4. The molecule has 2 aliphatic carbocycles. The topological polar surface area (TPSA) is 92.0 Å². The molecule has 2 aliphatic rings. The van der Waals surface area contributed by atoms with Gasteiger partial charge >= 0.3 is 6.16 Å². The number of carbonyl (C=O) groups is 1. The molecule has 3 aromatic rings. The third kappa shape index (κ3) is 7.00. The quantitative estimate of drug-likeness (QED) is 0.222. The van der Waals surface area contributed by atoms with Crippen molar-refractivity contribution in [2.24, 2.45) is 0 Å². The van der Waals surface area contributed by atoms with Crippen LogP contribution in [0.4, 0.5) is 4.79 Å². The lowest BCUT2D eigenvalue weighted by Crippen LogP contribution is -2.38. The van der Waals surface area contributed by atoms with E-state index in [-0.39, 0.29) is 18.8 Å². The SMILES string of the molecule is COC1(c2cc(-c3ccc(C)cc3)n(-c3ccc(CO)cc3)n2)CCC(OC(C)OC(=O)OC2CCCCC2)CC1. The van der Waals surface area contributed by atoms with E-state index in [1.807, 2.05) is 28.9 Å². The van der Waals surface area contributed by atoms with Crippen LogP contribution in [-0.2, 0) is 31.2 Å². The summed E-state index contributed by atoms with van der Waals surface area (Å²) < 4.78 is 25.1. The second kappa shape index (κ2) is 13.2. The molecule has 0 saturated heterocycles. The number of hydrogen-bond acceptors (Lipinski definition) is 7. The van der Waals surface area contributed by atoms with E-state index >= 15 is 0 Å². The molecule has 0 bridgehead atoms. The van der Waals surface area contributed by atoms with Crippen molar-refractivity contribution in [2.75, 3.05) is 7.11 Å². The second-order valence-electron chi connectivity index (χ2n) is 11.4. The first-order chi connectivity index (χ1) is 19.9. The summed E-state index contributed by atoms with van der Waals surface area (Å²) in [6.07, 6.45) is 6.71. The van der Waals surface area contributed by atoms with Crippen molar-refractivity contribution in [3.63, 3.8) is 0 Å². The van der Waals surface area contributed by atoms with Crippen LogP contribution < -0.4 is 0 Å². The van der Waals surface area contributed by atoms with Crippen molar-refractivity contribution in [2.45, 2.75) is 102 Å². The Labute approximate surface area is 242 Å². The van der Waals surface area contributed by atoms with Gasteiger partial charge in [0.1, 0.15) is 11.7 Å². The van der Waals surface area contributed by atoms with Crippen molar-refractivity contribution in [3.8, 4) is 16.9 Å². The van der Waals surface area contributed by atoms with Gasteiger partial charge < -0.3 is 24.1 Å². The van der Waals surface area contributed by atoms with Crippen LogP contribution in [0.15, 0.2) is 54.6 Å². The van der Waals surface area contributed by atoms with Crippen LogP contribution >= 0.6 is 0 Å². The number of rotatable bonds is 9. The lowest BCUT2D eigenvalue weighted by molar-refractivity contribution is -0.168. The zero-order valence-corrected chi connectivity index (χ0v) is 24.4. The van der Waals surface area contributed by atoms with E-state index in [9.17, 15) is 9.90 Å². The summed E-state index contributed by atoms with van der Waals surface area (Å²) >= 11 is 0. The molecule has 1 aromatic heterocycles. The van der Waals surface area contributed by atoms with Gasteiger partial charge in [0, 0.05) is 12.7 Å². The minimum atomic E-state index is -0.680. The van der Waals surface area contributed by atoms with Gasteiger partial charge in [-0.1, -0.05) is 48.4 Å². The molecule has 1 atom stereocenters. The van der Waals surface area contributed by atoms with Crippen LogP contribution in [0.1, 0.15) is 81.5 Å². The molecule has 8 nitrogen and oxygen atoms in total. The predicted molar refractivity (Wildman–Crippen MR) is 156 cm³/mol. The Morgan fingerprint density at radius 2 is 1.68 bits per heavy atom. The van der Waals surface area contributed by atoms with Crippen molar-refractivity contribution in [3.05, 3.63) is 71.4 Å². The maximum absolute atomic E-state index is 12.3. The van der Waals surface area contributed by atoms with Gasteiger partial charge in [0.25, 0.3) is 0 Å². The van der Waals surface area contributed by atoms with E-state index in [0.717, 1.165) is 79.6 Å². The average molecular weight is 563 g/mol. The molecule has 220 valence electrons. The van der Waals surface area contributed by atoms with Gasteiger partial charge in [-0.2, -0.15) is 5.10 Å². The number of ether oxygens (including phenoxy) is 4. The Balaban J connectivity index is 1.28. The van der Waals surface area contributed by atoms with Gasteiger partial charge in [-0.3, -0.25) is 0 Å². The summed E-state index contributed by atoms with van der Waals surface area (Å²) in [5.74, 6) is 0. The van der Waals surface area contributed by atoms with Crippen LogP contribution in [-0.4, -0.2) is 46.7 Å². The summed E-state index contributed by atoms with van der Waals surface area (Å²) in [5.41, 5.74) is 5.32. The van der Waals surface area contributed by atoms with E-state index in [2.05, 4.69) is 37.3 Å². The first kappa shape index (κ1) is 29.3. The molecule has 1 unspecified atom stereocenters. The third-order valence-electron chi connectivity index (χ3n) is 8.48. The fourth-order valence-corrected chi connectivity index (χ4v) is 6.01. The highest BCUT2D eigenvalue weighted by molar-refractivity contribution is 5.63. The number of aliphatic hydroxyl groups is 1. The van der Waals surface area contributed by atoms with E-state index in [1.165, 1.54) is 12.0 Å². The summed E-state index contributed by atoms with van der Waals surface area (Å²) in [5, 5.41) is 14.6. The van der Waals surface area contributed by atoms with Crippen LogP contribution in [0.2, 0.25) is 0 Å². The van der Waals surface area contributed by atoms with Crippen molar-refractivity contribution in [1.82, 2.24) is 9.78 Å². The minimum absolute atomic E-state index is 0.00313. The van der Waals surface area contributed by atoms with E-state index < -0.39 is 18.0 Å². The van der Waals surface area contributed by atoms with Gasteiger partial charge in [0.15, 0.2) is 0 Å². The second-order valence-corrected chi connectivity index (χ2v) is 11.4. The molecule has 0 radical (unpaired) electrons. The molecule has 1 heterocycles. The van der Waals surface area contributed by atoms with Gasteiger partial charge in [-0.05, 0) is 89.0 Å². The number of nitrogens with zero attached hydrogens (tertiary/aromatic N) is 2. The number of aryl methyl sites for hydroxylation is 1. The molecule has 0 amide bonds. The number of aliphatic hydroxyl groups excluding tert-OH is 1. The molecule has 2 saturated carbocycles. The Kier molecular flexibility index (Phi) is 9.42. The largest absolute Gasteiger partial charge is 0.510 e. The maximum atomic E-state index is 12.3. The maximum Gasteiger partial charge on any atom is 0.510 e. The lowest BCUT2D eigenvalue weighted by atomic mass is 9.80. The first-order valence-electron chi connectivity index (χ1n) is 14.8. The smallest absolute Gasteiger partial charge is 0.431 e. The van der Waals surface area contributed by atoms with E-state index in [0.29, 0.717) is 0 Å². The molecule has 2 fully saturated rings. The first-order valence-corrected chi connectivity index (χ1v) is 14.8. The number of hydrogen-bond donors (Lipinski definition) is 1. The summed E-state index contributed by atoms with van der Waals surface area (Å²) in [6.45, 7) is 3.82. The third-order valence-corrected chi connectivity index (χ3v) is 8.48. The molecular weight excluding hydrogens is 520 g/mol. The van der Waals surface area contributed by atoms with Crippen molar-refractivity contribution < 1.29 is 28.8 Å². The molecule has 2 aromatic carbocycles. The molecular formula is C33H42N2O6. The lowest BCUT2D eigenvalue weighted by Gasteiger charge is -2.38. The van der Waals surface area contributed by atoms with E-state index in [1.54, 1.807) is 14.0 Å². The number of aromatic nitrogens is 2. The molecule has 0 aliphatic heterocycles. The van der Waals surface area contributed by atoms with Gasteiger partial charge in [0.2, 0.25) is 6.29 Å². The number of methoxy groups -OCH3 is 1. The molecule has 5 rings (SSSR count). The molecule has 41 heavy (non-hydrogen) atoms. The monoisotopic (exact) mass is 562 g/mol. The standard InChI is InChI=1S/C33H42N2O6/c1-23-9-13-26(14-10-23)30-21-31(34-35(30)27-15-11-25(22-36)12-16-27)33(38-3)19-17-29(18-20-33)39-24(2)40-32(37)41-28-7-5-4-6-8-28/h9-16,21,24,28-29,36H,4-8,17-20,22H2,1-3H3. The van der Waals surface area contributed by atoms with Crippen LogP contribution in [0.25, 0.3) is 16.9 Å². The van der Waals surface area contributed by atoms with E-state index in [4.69, 9.17) is 24.0 Å². The van der Waals surface area contributed by atoms with Crippen LogP contribution in [0.5, 0.6) is 0 Å². The van der Waals surface area contributed by atoms with Crippen molar-refractivity contribution in [1.29, 1.82) is 0 Å². The Hall–Kier alpha value is -3.20. The van der Waals surface area contributed by atoms with Gasteiger partial charge in [-0.25, -0.2) is 9.48 Å². The number of benzene rings is 2. The predicted octanol–water partition coefficient (Wildman–Crippen LogP) is 6.97. The highest BCUT2D eigenvalue weighted by atomic mass is 16.8. The highest BCUT2D eigenvalue weighted by Crippen LogP contribution is 2.42. The highest BCUT2D eigenvalue weighted by Gasteiger charge is 2.40. The van der Waals surface area contributed by atoms with Gasteiger partial charge in [-0.15, -0.1) is 0 Å². The minimum Gasteiger partial charge on any atom is -0.431 e. The molecule has 0 spiro atoms. The summed E-state index contributed by atoms with van der Waals surface area (Å²) in [7, 11) is 1.74. The van der Waals surface area contributed by atoms with Crippen LogP contribution in [0.3, 0.4) is 0 Å². The Bertz CT molecular complexity index is 1270. The molecule has 8 heteroatoms. The Morgan fingerprint density at radius 1 is 1.00 bits per heavy atom. The van der Waals surface area contributed by atoms with Crippen LogP contribution in [0, 0.1) is 6.92 Å². The van der Waals surface area contributed by atoms with Crippen molar-refractivity contribution >= 4 is 6.16 Å². The van der Waals surface area contributed by atoms with Gasteiger partial charge in [0.05, 0.1) is 29.8 Å².